The van der Waals surface area contributed by atoms with E-state index in [1.165, 1.54) is 11.4 Å². The van der Waals surface area contributed by atoms with Crippen LogP contribution in [0.3, 0.4) is 0 Å². The number of ether oxygens (including phenoxy) is 4. The molecule has 4 rings (SSSR count). The number of methoxy groups -OCH3 is 2. The first-order chi connectivity index (χ1) is 18.3. The number of aliphatic carboxylic acids is 1. The van der Waals surface area contributed by atoms with E-state index in [1.807, 2.05) is 49.4 Å². The fraction of sp³-hybridized carbons (Fsp3) is 0.519. The fourth-order valence-corrected chi connectivity index (χ4v) is 6.79. The van der Waals surface area contributed by atoms with Crippen molar-refractivity contribution in [1.29, 1.82) is 0 Å². The van der Waals surface area contributed by atoms with Crippen LogP contribution in [-0.4, -0.2) is 88.3 Å². The molecule has 0 unspecified atom stereocenters. The molecule has 0 saturated carbocycles. The summed E-state index contributed by atoms with van der Waals surface area (Å²) in [4.78, 5) is 14.8. The third-order valence-corrected chi connectivity index (χ3v) is 9.05. The Kier molecular flexibility index (Phi) is 9.14. The van der Waals surface area contributed by atoms with Gasteiger partial charge in [-0.25, -0.2) is 12.7 Å². The van der Waals surface area contributed by atoms with Crippen molar-refractivity contribution in [1.82, 2.24) is 9.21 Å². The molecule has 1 saturated heterocycles. The van der Waals surface area contributed by atoms with Gasteiger partial charge in [-0.3, -0.25) is 9.69 Å². The quantitative estimate of drug-likeness (QED) is 0.403. The van der Waals surface area contributed by atoms with E-state index in [0.29, 0.717) is 43.3 Å². The highest BCUT2D eigenvalue weighted by atomic mass is 32.2. The van der Waals surface area contributed by atoms with Gasteiger partial charge < -0.3 is 24.1 Å². The summed E-state index contributed by atoms with van der Waals surface area (Å²) in [5.74, 6) is -0.177. The molecule has 0 radical (unpaired) electrons. The van der Waals surface area contributed by atoms with Crippen LogP contribution in [0, 0.1) is 5.92 Å². The van der Waals surface area contributed by atoms with E-state index in [1.54, 1.807) is 7.11 Å². The second-order valence-corrected chi connectivity index (χ2v) is 11.6. The molecule has 38 heavy (non-hydrogen) atoms. The summed E-state index contributed by atoms with van der Waals surface area (Å²) >= 11 is 0. The van der Waals surface area contributed by atoms with Gasteiger partial charge in [0.1, 0.15) is 5.75 Å². The van der Waals surface area contributed by atoms with Crippen LogP contribution in [0.2, 0.25) is 0 Å². The van der Waals surface area contributed by atoms with Crippen LogP contribution in [0.1, 0.15) is 36.4 Å². The Morgan fingerprint density at radius 2 is 1.79 bits per heavy atom. The number of sulfonamides is 1. The summed E-state index contributed by atoms with van der Waals surface area (Å²) in [6.45, 7) is 3.67. The molecular formula is C27H36N2O8S. The number of carbonyl (C=O) groups is 1. The first-order valence-corrected chi connectivity index (χ1v) is 14.4. The van der Waals surface area contributed by atoms with E-state index in [9.17, 15) is 18.3 Å². The predicted octanol–water partition coefficient (Wildman–Crippen LogP) is 2.95. The van der Waals surface area contributed by atoms with Crippen molar-refractivity contribution in [3.63, 3.8) is 0 Å². The van der Waals surface area contributed by atoms with Gasteiger partial charge in [0.25, 0.3) is 0 Å². The summed E-state index contributed by atoms with van der Waals surface area (Å²) in [7, 11) is -0.453. The minimum Gasteiger partial charge on any atom is -0.497 e. The molecular weight excluding hydrogens is 512 g/mol. The van der Waals surface area contributed by atoms with Crippen LogP contribution in [0.25, 0.3) is 0 Å². The molecule has 2 aliphatic heterocycles. The normalized spacial score (nSPS) is 21.2. The molecule has 0 amide bonds. The van der Waals surface area contributed by atoms with Gasteiger partial charge in [0.15, 0.2) is 11.5 Å². The molecule has 1 fully saturated rings. The van der Waals surface area contributed by atoms with Gasteiger partial charge >= 0.3 is 5.97 Å². The summed E-state index contributed by atoms with van der Waals surface area (Å²) in [5, 5.41) is 10.4. The lowest BCUT2D eigenvalue weighted by Gasteiger charge is -2.30. The van der Waals surface area contributed by atoms with Gasteiger partial charge in [-0.2, -0.15) is 0 Å². The molecule has 0 spiro atoms. The maximum atomic E-state index is 13.0. The lowest BCUT2D eigenvalue weighted by molar-refractivity contribution is -0.143. The number of benzene rings is 2. The van der Waals surface area contributed by atoms with Crippen molar-refractivity contribution in [2.75, 3.05) is 59.6 Å². The van der Waals surface area contributed by atoms with Crippen LogP contribution in [-0.2, 0) is 19.6 Å². The number of carboxylic acid groups (broad SMARTS) is 1. The largest absolute Gasteiger partial charge is 0.497 e. The number of rotatable bonds is 13. The molecule has 3 atom stereocenters. The maximum Gasteiger partial charge on any atom is 0.309 e. The second-order valence-electron chi connectivity index (χ2n) is 9.50. The molecule has 2 aromatic rings. The Hall–Kier alpha value is -2.86. The van der Waals surface area contributed by atoms with E-state index in [0.717, 1.165) is 11.1 Å². The monoisotopic (exact) mass is 548 g/mol. The SMILES string of the molecule is CCCN(CCN1C[C@H](c2ccc3c(c2)OCO3)[C@H](C(=O)O)[C@H]1c1ccc(OC)cc1)S(=O)(=O)CCOC. The zero-order valence-electron chi connectivity index (χ0n) is 22.0. The van der Waals surface area contributed by atoms with E-state index >= 15 is 0 Å². The van der Waals surface area contributed by atoms with Gasteiger partial charge in [0.2, 0.25) is 16.8 Å². The van der Waals surface area contributed by atoms with Crippen molar-refractivity contribution in [2.45, 2.75) is 25.3 Å². The average molecular weight is 549 g/mol. The molecule has 208 valence electrons. The zero-order valence-corrected chi connectivity index (χ0v) is 22.9. The first-order valence-electron chi connectivity index (χ1n) is 12.8. The maximum absolute atomic E-state index is 13.0. The highest BCUT2D eigenvalue weighted by Crippen LogP contribution is 2.47. The van der Waals surface area contributed by atoms with Crippen molar-refractivity contribution >= 4 is 16.0 Å². The lowest BCUT2D eigenvalue weighted by atomic mass is 9.82. The molecule has 10 nitrogen and oxygen atoms in total. The molecule has 2 heterocycles. The minimum absolute atomic E-state index is 0.0943. The average Bonchev–Trinajstić information content (AvgIpc) is 3.54. The molecule has 11 heteroatoms. The smallest absolute Gasteiger partial charge is 0.309 e. The van der Waals surface area contributed by atoms with E-state index in [-0.39, 0.29) is 31.6 Å². The molecule has 0 aliphatic carbocycles. The van der Waals surface area contributed by atoms with Gasteiger partial charge in [-0.15, -0.1) is 0 Å². The minimum atomic E-state index is -3.51. The fourth-order valence-electron chi connectivity index (χ4n) is 5.34. The molecule has 1 N–H and O–H groups in total. The summed E-state index contributed by atoms with van der Waals surface area (Å²) in [6, 6.07) is 12.5. The van der Waals surface area contributed by atoms with Gasteiger partial charge in [-0.05, 0) is 41.8 Å². The zero-order chi connectivity index (χ0) is 27.3. The number of carboxylic acids is 1. The number of hydrogen-bond donors (Lipinski definition) is 1. The van der Waals surface area contributed by atoms with Crippen molar-refractivity contribution in [3.8, 4) is 17.2 Å². The van der Waals surface area contributed by atoms with E-state index in [2.05, 4.69) is 4.90 Å². The number of fused-ring (bicyclic) bond motifs is 1. The standard InChI is InChI=1S/C27H36N2O8S/c1-4-11-29(38(32,33)15-14-34-2)13-12-28-17-22(20-7-10-23-24(16-20)37-18-36-23)25(27(30)31)26(28)19-5-8-21(35-3)9-6-19/h5-10,16,22,25-26H,4,11-15,17-18H2,1-3H3,(H,30,31)/t22-,25+,26-/m1/s1. The van der Waals surface area contributed by atoms with Crippen LogP contribution in [0.15, 0.2) is 42.5 Å². The Morgan fingerprint density at radius 3 is 2.45 bits per heavy atom. The van der Waals surface area contributed by atoms with Crippen LogP contribution in [0.5, 0.6) is 17.2 Å². The number of nitrogens with zero attached hydrogens (tertiary/aromatic N) is 2. The second kappa shape index (κ2) is 12.3. The van der Waals surface area contributed by atoms with E-state index in [4.69, 9.17) is 18.9 Å². The molecule has 0 bridgehead atoms. The first kappa shape index (κ1) is 28.2. The Balaban J connectivity index is 1.66. The third kappa shape index (κ3) is 6.06. The van der Waals surface area contributed by atoms with Gasteiger partial charge in [0, 0.05) is 45.2 Å². The van der Waals surface area contributed by atoms with Crippen LogP contribution in [0.4, 0.5) is 0 Å². The van der Waals surface area contributed by atoms with Crippen LogP contribution < -0.4 is 14.2 Å². The summed E-state index contributed by atoms with van der Waals surface area (Å²) in [5.41, 5.74) is 1.69. The van der Waals surface area contributed by atoms with Crippen LogP contribution >= 0.6 is 0 Å². The summed E-state index contributed by atoms with van der Waals surface area (Å²) < 4.78 is 48.7. The highest BCUT2D eigenvalue weighted by molar-refractivity contribution is 7.89. The van der Waals surface area contributed by atoms with Crippen molar-refractivity contribution < 1.29 is 37.3 Å². The highest BCUT2D eigenvalue weighted by Gasteiger charge is 2.47. The molecule has 2 aliphatic rings. The van der Waals surface area contributed by atoms with Gasteiger partial charge in [0.05, 0.1) is 25.4 Å². The van der Waals surface area contributed by atoms with E-state index < -0.39 is 28.0 Å². The molecule has 0 aromatic heterocycles. The van der Waals surface area contributed by atoms with Crippen molar-refractivity contribution in [2.24, 2.45) is 5.92 Å². The van der Waals surface area contributed by atoms with Gasteiger partial charge in [-0.1, -0.05) is 25.1 Å². The summed E-state index contributed by atoms with van der Waals surface area (Å²) in [6.07, 6.45) is 0.672. The predicted molar refractivity (Wildman–Crippen MR) is 141 cm³/mol. The Bertz CT molecular complexity index is 1200. The topological polar surface area (TPSA) is 115 Å². The van der Waals surface area contributed by atoms with Crippen molar-refractivity contribution in [3.05, 3.63) is 53.6 Å². The number of hydrogen-bond acceptors (Lipinski definition) is 8. The molecule has 2 aromatic carbocycles. The third-order valence-electron chi connectivity index (χ3n) is 7.21. The lowest BCUT2D eigenvalue weighted by Crippen LogP contribution is -2.41. The Labute approximate surface area is 224 Å². The Morgan fingerprint density at radius 1 is 1.08 bits per heavy atom. The number of likely N-dealkylation sites (tertiary alicyclic amines) is 1.